The molecule has 0 N–H and O–H groups in total. The van der Waals surface area contributed by atoms with Gasteiger partial charge < -0.3 is 0 Å². The second-order valence-corrected chi connectivity index (χ2v) is 4.88. The molecule has 15 heavy (non-hydrogen) atoms. The molecule has 0 radical (unpaired) electrons. The lowest BCUT2D eigenvalue weighted by molar-refractivity contribution is 1.16. The standard InChI is InChI=1S/C10H7N3S2/c1-6-8-7(9-11-2-3-14-9)4-15-10(8)13-5-12-6/h2-5H,1H3. The normalized spacial score (nSPS) is 11.0. The van der Waals surface area contributed by atoms with E-state index in [4.69, 9.17) is 0 Å². The van der Waals surface area contributed by atoms with Gasteiger partial charge in [0.1, 0.15) is 16.2 Å². The van der Waals surface area contributed by atoms with E-state index in [-0.39, 0.29) is 0 Å². The highest BCUT2D eigenvalue weighted by Crippen LogP contribution is 2.34. The molecular weight excluding hydrogens is 226 g/mol. The van der Waals surface area contributed by atoms with Crippen LogP contribution in [0.2, 0.25) is 0 Å². The number of thiophene rings is 1. The predicted octanol–water partition coefficient (Wildman–Crippen LogP) is 3.12. The number of aromatic nitrogens is 3. The van der Waals surface area contributed by atoms with Crippen LogP contribution < -0.4 is 0 Å². The summed E-state index contributed by atoms with van der Waals surface area (Å²) >= 11 is 3.29. The summed E-state index contributed by atoms with van der Waals surface area (Å²) in [5, 5.41) is 6.26. The summed E-state index contributed by atoms with van der Waals surface area (Å²) in [6.45, 7) is 2.01. The molecule has 3 nitrogen and oxygen atoms in total. The summed E-state index contributed by atoms with van der Waals surface area (Å²) in [5.74, 6) is 0. The van der Waals surface area contributed by atoms with E-state index in [0.717, 1.165) is 26.5 Å². The minimum Gasteiger partial charge on any atom is -0.244 e. The van der Waals surface area contributed by atoms with E-state index in [2.05, 4.69) is 20.3 Å². The number of nitrogens with zero attached hydrogens (tertiary/aromatic N) is 3. The molecule has 0 amide bonds. The Hall–Kier alpha value is -1.33. The van der Waals surface area contributed by atoms with Crippen molar-refractivity contribution in [1.82, 2.24) is 15.0 Å². The van der Waals surface area contributed by atoms with Crippen molar-refractivity contribution in [1.29, 1.82) is 0 Å². The molecule has 0 saturated heterocycles. The molecule has 0 fully saturated rings. The molecule has 74 valence electrons. The van der Waals surface area contributed by atoms with E-state index >= 15 is 0 Å². The Morgan fingerprint density at radius 2 is 2.07 bits per heavy atom. The summed E-state index contributed by atoms with van der Waals surface area (Å²) < 4.78 is 0. The zero-order valence-electron chi connectivity index (χ0n) is 7.97. The molecule has 5 heteroatoms. The van der Waals surface area contributed by atoms with Crippen LogP contribution in [-0.2, 0) is 0 Å². The van der Waals surface area contributed by atoms with Gasteiger partial charge in [0, 0.05) is 27.9 Å². The van der Waals surface area contributed by atoms with E-state index in [1.807, 2.05) is 18.5 Å². The van der Waals surface area contributed by atoms with Crippen molar-refractivity contribution >= 4 is 32.9 Å². The van der Waals surface area contributed by atoms with Gasteiger partial charge in [-0.2, -0.15) is 0 Å². The third kappa shape index (κ3) is 1.35. The number of hydrogen-bond donors (Lipinski definition) is 0. The molecule has 3 aromatic heterocycles. The van der Waals surface area contributed by atoms with Crippen LogP contribution in [0.3, 0.4) is 0 Å². The van der Waals surface area contributed by atoms with Crippen molar-refractivity contribution in [3.8, 4) is 10.6 Å². The van der Waals surface area contributed by atoms with Gasteiger partial charge in [0.25, 0.3) is 0 Å². The molecule has 3 rings (SSSR count). The van der Waals surface area contributed by atoms with Crippen molar-refractivity contribution in [3.05, 3.63) is 29.0 Å². The number of fused-ring (bicyclic) bond motifs is 1. The van der Waals surface area contributed by atoms with Gasteiger partial charge in [0.15, 0.2) is 0 Å². The predicted molar refractivity (Wildman–Crippen MR) is 63.3 cm³/mol. The smallest absolute Gasteiger partial charge is 0.127 e. The first kappa shape index (κ1) is 8.94. The molecular formula is C10H7N3S2. The maximum absolute atomic E-state index is 4.32. The number of hydrogen-bond acceptors (Lipinski definition) is 5. The third-order valence-corrected chi connectivity index (χ3v) is 3.92. The summed E-state index contributed by atoms with van der Waals surface area (Å²) in [7, 11) is 0. The SMILES string of the molecule is Cc1ncnc2scc(-c3nccs3)c12. The van der Waals surface area contributed by atoms with Gasteiger partial charge in [0.2, 0.25) is 0 Å². The van der Waals surface area contributed by atoms with Crippen LogP contribution in [0.5, 0.6) is 0 Å². The topological polar surface area (TPSA) is 38.7 Å². The molecule has 0 atom stereocenters. The van der Waals surface area contributed by atoms with Gasteiger partial charge in [0.05, 0.1) is 5.69 Å². The molecule has 3 aromatic rings. The molecule has 0 aromatic carbocycles. The fraction of sp³-hybridized carbons (Fsp3) is 0.100. The minimum atomic E-state index is 1.02. The number of thiazole rings is 1. The highest BCUT2D eigenvalue weighted by atomic mass is 32.1. The average Bonchev–Trinajstić information content (AvgIpc) is 2.85. The highest BCUT2D eigenvalue weighted by Gasteiger charge is 2.11. The summed E-state index contributed by atoms with van der Waals surface area (Å²) in [4.78, 5) is 13.8. The Kier molecular flexibility index (Phi) is 2.00. The lowest BCUT2D eigenvalue weighted by Crippen LogP contribution is -1.84. The fourth-order valence-electron chi connectivity index (χ4n) is 1.54. The van der Waals surface area contributed by atoms with Crippen LogP contribution >= 0.6 is 22.7 Å². The Labute approximate surface area is 94.5 Å². The van der Waals surface area contributed by atoms with Crippen LogP contribution in [0.15, 0.2) is 23.3 Å². The van der Waals surface area contributed by atoms with Crippen molar-refractivity contribution in [3.63, 3.8) is 0 Å². The van der Waals surface area contributed by atoms with Crippen LogP contribution in [0.1, 0.15) is 5.69 Å². The lowest BCUT2D eigenvalue weighted by atomic mass is 10.2. The molecule has 0 aliphatic carbocycles. The van der Waals surface area contributed by atoms with Gasteiger partial charge >= 0.3 is 0 Å². The monoisotopic (exact) mass is 233 g/mol. The molecule has 0 unspecified atom stereocenters. The number of aryl methyl sites for hydroxylation is 1. The zero-order valence-corrected chi connectivity index (χ0v) is 9.60. The molecule has 0 aliphatic rings. The second kappa shape index (κ2) is 3.36. The van der Waals surface area contributed by atoms with E-state index in [9.17, 15) is 0 Å². The quantitative estimate of drug-likeness (QED) is 0.648. The average molecular weight is 233 g/mol. The van der Waals surface area contributed by atoms with Gasteiger partial charge in [-0.3, -0.25) is 0 Å². The summed E-state index contributed by atoms with van der Waals surface area (Å²) in [5.41, 5.74) is 2.18. The Morgan fingerprint density at radius 1 is 1.13 bits per heavy atom. The maximum atomic E-state index is 4.32. The fourth-order valence-corrected chi connectivity index (χ4v) is 3.22. The molecule has 0 aliphatic heterocycles. The second-order valence-electron chi connectivity index (χ2n) is 3.13. The van der Waals surface area contributed by atoms with Gasteiger partial charge in [-0.15, -0.1) is 22.7 Å². The zero-order chi connectivity index (χ0) is 10.3. The Balaban J connectivity index is 2.37. The molecule has 0 saturated carbocycles. The molecule has 0 spiro atoms. The molecule has 3 heterocycles. The molecule has 0 bridgehead atoms. The van der Waals surface area contributed by atoms with Crippen LogP contribution in [0.4, 0.5) is 0 Å². The van der Waals surface area contributed by atoms with Crippen LogP contribution in [0, 0.1) is 6.92 Å². The van der Waals surface area contributed by atoms with Crippen molar-refractivity contribution < 1.29 is 0 Å². The van der Waals surface area contributed by atoms with Gasteiger partial charge in [-0.25, -0.2) is 15.0 Å². The maximum Gasteiger partial charge on any atom is 0.127 e. The van der Waals surface area contributed by atoms with E-state index in [1.54, 1.807) is 29.0 Å². The first-order chi connectivity index (χ1) is 7.36. The van der Waals surface area contributed by atoms with Gasteiger partial charge in [-0.1, -0.05) is 0 Å². The first-order valence-electron chi connectivity index (χ1n) is 4.45. The summed E-state index contributed by atoms with van der Waals surface area (Å²) in [6, 6.07) is 0. The third-order valence-electron chi connectivity index (χ3n) is 2.22. The van der Waals surface area contributed by atoms with E-state index in [0.29, 0.717) is 0 Å². The minimum absolute atomic E-state index is 1.02. The van der Waals surface area contributed by atoms with Crippen molar-refractivity contribution in [2.45, 2.75) is 6.92 Å². The van der Waals surface area contributed by atoms with Crippen molar-refractivity contribution in [2.75, 3.05) is 0 Å². The Morgan fingerprint density at radius 3 is 2.87 bits per heavy atom. The van der Waals surface area contributed by atoms with Crippen LogP contribution in [-0.4, -0.2) is 15.0 Å². The van der Waals surface area contributed by atoms with Crippen molar-refractivity contribution in [2.24, 2.45) is 0 Å². The van der Waals surface area contributed by atoms with E-state index < -0.39 is 0 Å². The first-order valence-corrected chi connectivity index (χ1v) is 6.21. The Bertz CT molecular complexity index is 598. The van der Waals surface area contributed by atoms with Crippen LogP contribution in [0.25, 0.3) is 20.8 Å². The summed E-state index contributed by atoms with van der Waals surface area (Å²) in [6.07, 6.45) is 3.43. The van der Waals surface area contributed by atoms with Gasteiger partial charge in [-0.05, 0) is 6.92 Å². The largest absolute Gasteiger partial charge is 0.244 e. The van der Waals surface area contributed by atoms with E-state index in [1.165, 1.54) is 0 Å². The number of rotatable bonds is 1. The lowest BCUT2D eigenvalue weighted by Gasteiger charge is -1.96. The highest BCUT2D eigenvalue weighted by molar-refractivity contribution is 7.18.